The van der Waals surface area contributed by atoms with Crippen LogP contribution in [0.1, 0.15) is 50.7 Å². The molecule has 0 aliphatic heterocycles. The largest absolute Gasteiger partial charge is 0.496 e. The molecule has 0 aliphatic carbocycles. The van der Waals surface area contributed by atoms with Gasteiger partial charge in [-0.3, -0.25) is 0 Å². The first-order valence-electron chi connectivity index (χ1n) is 9.88. The number of methoxy groups -OCH3 is 3. The minimum Gasteiger partial charge on any atom is -0.496 e. The molecule has 0 saturated heterocycles. The number of para-hydroxylation sites is 1. The van der Waals surface area contributed by atoms with Gasteiger partial charge in [0.2, 0.25) is 5.75 Å². The number of hydrogen-bond donors (Lipinski definition) is 1. The maximum Gasteiger partial charge on any atom is 0.428 e. The predicted octanol–water partition coefficient (Wildman–Crippen LogP) is 4.77. The van der Waals surface area contributed by atoms with Crippen molar-refractivity contribution in [2.75, 3.05) is 25.6 Å². The van der Waals surface area contributed by atoms with E-state index in [0.717, 1.165) is 0 Å². The quantitative estimate of drug-likeness (QED) is 0.561. The average Bonchev–Trinajstić information content (AvgIpc) is 2.72. The average molecular weight is 468 g/mol. The van der Waals surface area contributed by atoms with Crippen molar-refractivity contribution in [2.24, 2.45) is 0 Å². The van der Waals surface area contributed by atoms with E-state index < -0.39 is 16.4 Å². The van der Waals surface area contributed by atoms with E-state index in [1.165, 1.54) is 33.5 Å². The maximum atomic E-state index is 13.4. The van der Waals surface area contributed by atoms with Gasteiger partial charge in [-0.05, 0) is 23.0 Å². The zero-order valence-corrected chi connectivity index (χ0v) is 20.0. The molecular formula is C22H29NO8S. The van der Waals surface area contributed by atoms with E-state index in [1.54, 1.807) is 18.2 Å². The smallest absolute Gasteiger partial charge is 0.428 e. The van der Waals surface area contributed by atoms with Crippen molar-refractivity contribution >= 4 is 22.1 Å². The highest BCUT2D eigenvalue weighted by molar-refractivity contribution is 7.89. The van der Waals surface area contributed by atoms with Crippen LogP contribution in [0.15, 0.2) is 30.3 Å². The lowest BCUT2D eigenvalue weighted by atomic mass is 9.93. The molecule has 0 atom stereocenters. The summed E-state index contributed by atoms with van der Waals surface area (Å²) in [5.74, 6) is -0.259. The molecule has 0 aromatic heterocycles. The van der Waals surface area contributed by atoms with E-state index in [4.69, 9.17) is 18.4 Å². The van der Waals surface area contributed by atoms with E-state index >= 15 is 0 Å². The van der Waals surface area contributed by atoms with Crippen LogP contribution in [0, 0.1) is 0 Å². The Labute approximate surface area is 188 Å². The number of hydrogen-bond acceptors (Lipinski definition) is 7. The van der Waals surface area contributed by atoms with Crippen molar-refractivity contribution in [1.29, 1.82) is 0 Å². The Morgan fingerprint density at radius 1 is 0.906 bits per heavy atom. The van der Waals surface area contributed by atoms with Crippen molar-refractivity contribution in [1.82, 2.24) is 0 Å². The van der Waals surface area contributed by atoms with Crippen LogP contribution in [0.25, 0.3) is 0 Å². The molecule has 176 valence electrons. The van der Waals surface area contributed by atoms with E-state index in [2.05, 4.69) is 0 Å². The second-order valence-electron chi connectivity index (χ2n) is 7.54. The molecule has 32 heavy (non-hydrogen) atoms. The molecule has 1 amide bonds. The first-order chi connectivity index (χ1) is 15.0. The van der Waals surface area contributed by atoms with Crippen molar-refractivity contribution in [2.45, 2.75) is 39.5 Å². The van der Waals surface area contributed by atoms with E-state index in [-0.39, 0.29) is 39.1 Å². The molecule has 0 unspecified atom stereocenters. The summed E-state index contributed by atoms with van der Waals surface area (Å²) in [4.78, 5) is 12.3. The summed E-state index contributed by atoms with van der Waals surface area (Å²) in [6.07, 6.45) is -1.70. The van der Waals surface area contributed by atoms with Gasteiger partial charge >= 0.3 is 16.4 Å². The first-order valence-corrected chi connectivity index (χ1v) is 11.2. The summed E-state index contributed by atoms with van der Waals surface area (Å²) in [7, 11) is -0.841. The van der Waals surface area contributed by atoms with Gasteiger partial charge in [0.05, 0.1) is 27.0 Å². The van der Waals surface area contributed by atoms with E-state index in [0.29, 0.717) is 16.9 Å². The number of carboxylic acid groups (broad SMARTS) is 1. The van der Waals surface area contributed by atoms with Gasteiger partial charge in [-0.15, -0.1) is 4.31 Å². The molecule has 0 radical (unpaired) electrons. The van der Waals surface area contributed by atoms with Gasteiger partial charge in [0.15, 0.2) is 11.5 Å². The molecule has 2 aromatic carbocycles. The Kier molecular flexibility index (Phi) is 7.84. The fraction of sp³-hybridized carbons (Fsp3) is 0.409. The van der Waals surface area contributed by atoms with Crippen LogP contribution in [-0.4, -0.2) is 40.9 Å². The van der Waals surface area contributed by atoms with Gasteiger partial charge < -0.3 is 23.5 Å². The van der Waals surface area contributed by atoms with Crippen molar-refractivity contribution < 1.29 is 36.7 Å². The number of anilines is 1. The van der Waals surface area contributed by atoms with Crippen molar-refractivity contribution in [3.63, 3.8) is 0 Å². The Balaban J connectivity index is 2.74. The number of ether oxygens (including phenoxy) is 3. The SMILES string of the molecule is COc1cc(OC)c(OS(=O)(=O)N(C(=O)O)c2c(C(C)C)cccc2C(C)C)c(OC)c1. The summed E-state index contributed by atoms with van der Waals surface area (Å²) in [5, 5.41) is 9.97. The van der Waals surface area contributed by atoms with Gasteiger partial charge in [0, 0.05) is 12.1 Å². The molecular weight excluding hydrogens is 438 g/mol. The normalized spacial score (nSPS) is 11.4. The second kappa shape index (κ2) is 9.99. The molecule has 0 heterocycles. The van der Waals surface area contributed by atoms with Crippen LogP contribution >= 0.6 is 0 Å². The van der Waals surface area contributed by atoms with E-state index in [9.17, 15) is 18.3 Å². The summed E-state index contributed by atoms with van der Waals surface area (Å²) < 4.78 is 47.9. The standard InChI is InChI=1S/C22H29NO8S/c1-13(2)16-9-8-10-17(14(3)4)20(16)23(22(24)25)32(26,27)31-21-18(29-6)11-15(28-5)12-19(21)30-7/h8-14H,1-7H3,(H,24,25). The summed E-state index contributed by atoms with van der Waals surface area (Å²) >= 11 is 0. The molecule has 0 spiro atoms. The molecule has 10 heteroatoms. The van der Waals surface area contributed by atoms with Crippen LogP contribution in [0.2, 0.25) is 0 Å². The summed E-state index contributed by atoms with van der Waals surface area (Å²) in [6, 6.07) is 7.98. The second-order valence-corrected chi connectivity index (χ2v) is 8.93. The number of rotatable bonds is 9. The number of benzene rings is 2. The number of nitrogens with zero attached hydrogens (tertiary/aromatic N) is 1. The molecule has 0 aliphatic rings. The Hall–Kier alpha value is -3.14. The monoisotopic (exact) mass is 467 g/mol. The molecule has 2 aromatic rings. The number of amides is 1. The lowest BCUT2D eigenvalue weighted by Crippen LogP contribution is -2.40. The van der Waals surface area contributed by atoms with Crippen LogP contribution < -0.4 is 22.7 Å². The van der Waals surface area contributed by atoms with E-state index in [1.807, 2.05) is 27.7 Å². The highest BCUT2D eigenvalue weighted by Gasteiger charge is 2.37. The molecule has 1 N–H and O–H groups in total. The topological polar surface area (TPSA) is 112 Å². The minimum absolute atomic E-state index is 0.00339. The highest BCUT2D eigenvalue weighted by atomic mass is 32.2. The fourth-order valence-electron chi connectivity index (χ4n) is 3.25. The fourth-order valence-corrected chi connectivity index (χ4v) is 4.32. The molecule has 0 fully saturated rings. The van der Waals surface area contributed by atoms with Gasteiger partial charge in [-0.1, -0.05) is 45.9 Å². The lowest BCUT2D eigenvalue weighted by molar-refractivity contribution is 0.205. The first kappa shape index (κ1) is 25.1. The van der Waals surface area contributed by atoms with Crippen molar-refractivity contribution in [3.8, 4) is 23.0 Å². The van der Waals surface area contributed by atoms with Gasteiger partial charge in [0.25, 0.3) is 0 Å². The Bertz CT molecular complexity index is 1030. The molecule has 0 saturated carbocycles. The van der Waals surface area contributed by atoms with Crippen LogP contribution in [-0.2, 0) is 10.3 Å². The third kappa shape index (κ3) is 5.01. The minimum atomic E-state index is -4.89. The van der Waals surface area contributed by atoms with Crippen LogP contribution in [0.5, 0.6) is 23.0 Å². The molecule has 2 rings (SSSR count). The summed E-state index contributed by atoms with van der Waals surface area (Å²) in [5.41, 5.74) is 1.16. The van der Waals surface area contributed by atoms with Gasteiger partial charge in [-0.2, -0.15) is 8.42 Å². The molecule has 9 nitrogen and oxygen atoms in total. The van der Waals surface area contributed by atoms with Crippen LogP contribution in [0.3, 0.4) is 0 Å². The summed E-state index contributed by atoms with van der Waals surface area (Å²) in [6.45, 7) is 7.41. The predicted molar refractivity (Wildman–Crippen MR) is 121 cm³/mol. The highest BCUT2D eigenvalue weighted by Crippen LogP contribution is 2.43. The molecule has 0 bridgehead atoms. The zero-order valence-electron chi connectivity index (χ0n) is 19.2. The third-order valence-corrected chi connectivity index (χ3v) is 5.96. The third-order valence-electron chi connectivity index (χ3n) is 4.80. The Morgan fingerprint density at radius 3 is 1.72 bits per heavy atom. The van der Waals surface area contributed by atoms with Gasteiger partial charge in [-0.25, -0.2) is 4.79 Å². The lowest BCUT2D eigenvalue weighted by Gasteiger charge is -2.27. The Morgan fingerprint density at radius 2 is 1.38 bits per heavy atom. The maximum absolute atomic E-state index is 13.4. The zero-order chi connectivity index (χ0) is 24.2. The van der Waals surface area contributed by atoms with Crippen molar-refractivity contribution in [3.05, 3.63) is 41.5 Å². The number of carbonyl (C=O) groups is 1. The van der Waals surface area contributed by atoms with Crippen LogP contribution in [0.4, 0.5) is 10.5 Å². The van der Waals surface area contributed by atoms with Gasteiger partial charge in [0.1, 0.15) is 5.75 Å².